The molecule has 0 saturated carbocycles. The minimum atomic E-state index is 0.0354. The number of rotatable bonds is 3. The molecule has 2 aromatic carbocycles. The third-order valence-electron chi connectivity index (χ3n) is 4.83. The molecule has 0 atom stereocenters. The minimum Gasteiger partial charge on any atom is -0.339 e. The Balaban J connectivity index is 1.67. The van der Waals surface area contributed by atoms with Crippen molar-refractivity contribution in [1.29, 1.82) is 0 Å². The number of thioether (sulfide) groups is 1. The highest BCUT2D eigenvalue weighted by Crippen LogP contribution is 2.37. The van der Waals surface area contributed by atoms with E-state index in [-0.39, 0.29) is 11.8 Å². The summed E-state index contributed by atoms with van der Waals surface area (Å²) in [6.45, 7) is 2.04. The van der Waals surface area contributed by atoms with Crippen molar-refractivity contribution in [3.8, 4) is 0 Å². The number of hydrogen-bond donors (Lipinski definition) is 0. The average Bonchev–Trinajstić information content (AvgIpc) is 3.19. The summed E-state index contributed by atoms with van der Waals surface area (Å²) in [5.41, 5.74) is 2.35. The summed E-state index contributed by atoms with van der Waals surface area (Å²) in [4.78, 5) is 30.0. The van der Waals surface area contributed by atoms with Crippen molar-refractivity contribution < 1.29 is 9.59 Å². The molecular formula is C20H19ClN2O2S. The standard InChI is InChI=1S/C20H19ClN2O2S/c21-16-6-2-1-5-15(16)12-23-17-11-14(20(25)22-9-3-4-10-22)7-8-18(17)26-13-19(23)24/h1-2,5-8,11H,3-4,9-10,12-13H2. The first-order chi connectivity index (χ1) is 12.6. The summed E-state index contributed by atoms with van der Waals surface area (Å²) < 4.78 is 0. The third-order valence-corrected chi connectivity index (χ3v) is 6.24. The van der Waals surface area contributed by atoms with Crippen LogP contribution in [0.1, 0.15) is 28.8 Å². The average molecular weight is 387 g/mol. The van der Waals surface area contributed by atoms with Crippen LogP contribution in [0, 0.1) is 0 Å². The first-order valence-corrected chi connectivity index (χ1v) is 10.1. The number of anilines is 1. The highest BCUT2D eigenvalue weighted by atomic mass is 35.5. The fourth-order valence-electron chi connectivity index (χ4n) is 3.41. The molecule has 4 nitrogen and oxygen atoms in total. The third kappa shape index (κ3) is 3.33. The first kappa shape index (κ1) is 17.4. The van der Waals surface area contributed by atoms with Gasteiger partial charge in [0.1, 0.15) is 0 Å². The fraction of sp³-hybridized carbons (Fsp3) is 0.300. The Labute approximate surface area is 162 Å². The van der Waals surface area contributed by atoms with Crippen LogP contribution in [-0.4, -0.2) is 35.6 Å². The molecule has 0 radical (unpaired) electrons. The number of hydrogen-bond acceptors (Lipinski definition) is 3. The number of halogens is 1. The topological polar surface area (TPSA) is 40.6 Å². The summed E-state index contributed by atoms with van der Waals surface area (Å²) in [6, 6.07) is 13.2. The molecule has 2 aliphatic rings. The van der Waals surface area contributed by atoms with Crippen molar-refractivity contribution in [2.24, 2.45) is 0 Å². The molecular weight excluding hydrogens is 368 g/mol. The van der Waals surface area contributed by atoms with Gasteiger partial charge in [-0.3, -0.25) is 9.59 Å². The highest BCUT2D eigenvalue weighted by Gasteiger charge is 2.27. The van der Waals surface area contributed by atoms with Gasteiger partial charge in [0.15, 0.2) is 0 Å². The summed E-state index contributed by atoms with van der Waals surface area (Å²) in [6.07, 6.45) is 2.12. The van der Waals surface area contributed by atoms with E-state index in [9.17, 15) is 9.59 Å². The number of amides is 2. The van der Waals surface area contributed by atoms with Gasteiger partial charge in [0.05, 0.1) is 18.0 Å². The van der Waals surface area contributed by atoms with E-state index < -0.39 is 0 Å². The lowest BCUT2D eigenvalue weighted by Gasteiger charge is -2.30. The van der Waals surface area contributed by atoms with Gasteiger partial charge in [0, 0.05) is 28.6 Å². The molecule has 0 aromatic heterocycles. The van der Waals surface area contributed by atoms with Crippen molar-refractivity contribution >= 4 is 40.9 Å². The Kier molecular flexibility index (Phi) is 4.92. The monoisotopic (exact) mass is 386 g/mol. The summed E-state index contributed by atoms with van der Waals surface area (Å²) in [5.74, 6) is 0.482. The highest BCUT2D eigenvalue weighted by molar-refractivity contribution is 8.00. The van der Waals surface area contributed by atoms with Crippen LogP contribution in [0.15, 0.2) is 47.4 Å². The van der Waals surface area contributed by atoms with Crippen LogP contribution < -0.4 is 4.90 Å². The second kappa shape index (κ2) is 7.33. The van der Waals surface area contributed by atoms with Crippen molar-refractivity contribution in [1.82, 2.24) is 4.90 Å². The lowest BCUT2D eigenvalue weighted by atomic mass is 10.1. The number of fused-ring (bicyclic) bond motifs is 1. The SMILES string of the molecule is O=C(c1ccc2c(c1)N(Cc1ccccc1Cl)C(=O)CS2)N1CCCC1. The lowest BCUT2D eigenvalue weighted by molar-refractivity contribution is -0.116. The minimum absolute atomic E-state index is 0.0354. The van der Waals surface area contributed by atoms with Crippen LogP contribution in [-0.2, 0) is 11.3 Å². The molecule has 0 bridgehead atoms. The molecule has 1 saturated heterocycles. The van der Waals surface area contributed by atoms with Gasteiger partial charge in [-0.05, 0) is 42.7 Å². The fourth-order valence-corrected chi connectivity index (χ4v) is 4.52. The molecule has 0 unspecified atom stereocenters. The van der Waals surface area contributed by atoms with E-state index in [0.29, 0.717) is 22.9 Å². The molecule has 2 amide bonds. The number of carbonyl (C=O) groups is 2. The number of benzene rings is 2. The van der Waals surface area contributed by atoms with E-state index in [0.717, 1.165) is 42.1 Å². The predicted molar refractivity (Wildman–Crippen MR) is 105 cm³/mol. The van der Waals surface area contributed by atoms with Gasteiger partial charge >= 0.3 is 0 Å². The molecule has 2 aromatic rings. The van der Waals surface area contributed by atoms with E-state index in [1.807, 2.05) is 47.4 Å². The predicted octanol–water partition coefficient (Wildman–Crippen LogP) is 4.21. The van der Waals surface area contributed by atoms with Gasteiger partial charge in [0.2, 0.25) is 5.91 Å². The van der Waals surface area contributed by atoms with E-state index in [1.54, 1.807) is 4.90 Å². The van der Waals surface area contributed by atoms with Crippen molar-refractivity contribution in [3.05, 3.63) is 58.6 Å². The Morgan fingerprint density at radius 1 is 1.12 bits per heavy atom. The van der Waals surface area contributed by atoms with Crippen molar-refractivity contribution in [3.63, 3.8) is 0 Å². The maximum absolute atomic E-state index is 12.7. The molecule has 2 aliphatic heterocycles. The number of likely N-dealkylation sites (tertiary alicyclic amines) is 1. The molecule has 6 heteroatoms. The van der Waals surface area contributed by atoms with Gasteiger partial charge in [0.25, 0.3) is 5.91 Å². The molecule has 4 rings (SSSR count). The van der Waals surface area contributed by atoms with E-state index in [2.05, 4.69) is 0 Å². The summed E-state index contributed by atoms with van der Waals surface area (Å²) in [7, 11) is 0. The first-order valence-electron chi connectivity index (χ1n) is 8.73. The van der Waals surface area contributed by atoms with Gasteiger partial charge < -0.3 is 9.80 Å². The molecule has 0 N–H and O–H groups in total. The quantitative estimate of drug-likeness (QED) is 0.793. The largest absolute Gasteiger partial charge is 0.339 e. The van der Waals surface area contributed by atoms with Crippen LogP contribution in [0.4, 0.5) is 5.69 Å². The number of carbonyl (C=O) groups excluding carboxylic acids is 2. The van der Waals surface area contributed by atoms with Crippen molar-refractivity contribution in [2.45, 2.75) is 24.3 Å². The van der Waals surface area contributed by atoms with Crippen LogP contribution in [0.3, 0.4) is 0 Å². The van der Waals surface area contributed by atoms with Crippen molar-refractivity contribution in [2.75, 3.05) is 23.7 Å². The Bertz CT molecular complexity index is 865. The zero-order valence-corrected chi connectivity index (χ0v) is 15.9. The second-order valence-electron chi connectivity index (χ2n) is 6.54. The van der Waals surface area contributed by atoms with Crippen LogP contribution in [0.2, 0.25) is 5.02 Å². The Morgan fingerprint density at radius 3 is 2.65 bits per heavy atom. The van der Waals surface area contributed by atoms with Crippen LogP contribution in [0.25, 0.3) is 0 Å². The van der Waals surface area contributed by atoms with Crippen LogP contribution >= 0.6 is 23.4 Å². The second-order valence-corrected chi connectivity index (χ2v) is 7.97. The van der Waals surface area contributed by atoms with Gasteiger partial charge in [-0.1, -0.05) is 29.8 Å². The Hall–Kier alpha value is -1.98. The maximum Gasteiger partial charge on any atom is 0.253 e. The number of nitrogens with zero attached hydrogens (tertiary/aromatic N) is 2. The molecule has 0 aliphatic carbocycles. The molecule has 1 fully saturated rings. The zero-order chi connectivity index (χ0) is 18.1. The summed E-state index contributed by atoms with van der Waals surface area (Å²) >= 11 is 7.80. The smallest absolute Gasteiger partial charge is 0.253 e. The van der Waals surface area contributed by atoms with Gasteiger partial charge in [-0.15, -0.1) is 11.8 Å². The molecule has 2 heterocycles. The zero-order valence-electron chi connectivity index (χ0n) is 14.3. The van der Waals surface area contributed by atoms with E-state index in [4.69, 9.17) is 11.6 Å². The molecule has 0 spiro atoms. The van der Waals surface area contributed by atoms with Gasteiger partial charge in [-0.25, -0.2) is 0 Å². The Morgan fingerprint density at radius 2 is 1.88 bits per heavy atom. The summed E-state index contributed by atoms with van der Waals surface area (Å²) in [5, 5.41) is 0.643. The molecule has 26 heavy (non-hydrogen) atoms. The molecule has 134 valence electrons. The van der Waals surface area contributed by atoms with Crippen LogP contribution in [0.5, 0.6) is 0 Å². The van der Waals surface area contributed by atoms with E-state index >= 15 is 0 Å². The maximum atomic E-state index is 12.7. The van der Waals surface area contributed by atoms with Gasteiger partial charge in [-0.2, -0.15) is 0 Å². The lowest BCUT2D eigenvalue weighted by Crippen LogP contribution is -2.35. The van der Waals surface area contributed by atoms with E-state index in [1.165, 1.54) is 11.8 Å². The normalized spacial score (nSPS) is 16.7.